The molecule has 2 saturated heterocycles. The van der Waals surface area contributed by atoms with Crippen molar-refractivity contribution in [2.45, 2.75) is 6.17 Å². The average molecular weight is 382 g/mol. The molecular formula is C22H29N4O2. The first-order valence-electron chi connectivity index (χ1n) is 9.95. The first-order valence-corrected chi connectivity index (χ1v) is 9.95. The molecular weight excluding hydrogens is 352 g/mol. The molecule has 0 aliphatic carbocycles. The Morgan fingerprint density at radius 2 is 1.54 bits per heavy atom. The van der Waals surface area contributed by atoms with Crippen LogP contribution in [0.1, 0.15) is 0 Å². The van der Waals surface area contributed by atoms with Gasteiger partial charge in [0.05, 0.1) is 20.4 Å². The molecule has 28 heavy (non-hydrogen) atoms. The molecule has 0 N–H and O–H groups in total. The second-order valence-corrected chi connectivity index (χ2v) is 7.26. The summed E-state index contributed by atoms with van der Waals surface area (Å²) in [5.41, 5.74) is 2.48. The molecule has 2 fully saturated rings. The van der Waals surface area contributed by atoms with Crippen molar-refractivity contribution in [1.82, 2.24) is 10.2 Å². The highest BCUT2D eigenvalue weighted by Crippen LogP contribution is 2.24. The van der Waals surface area contributed by atoms with E-state index in [2.05, 4.69) is 45.0 Å². The van der Waals surface area contributed by atoms with E-state index in [1.165, 1.54) is 11.4 Å². The van der Waals surface area contributed by atoms with E-state index < -0.39 is 0 Å². The lowest BCUT2D eigenvalue weighted by Gasteiger charge is -2.44. The number of benzene rings is 2. The fraction of sp³-hybridized carbons (Fsp3) is 0.455. The van der Waals surface area contributed by atoms with E-state index >= 15 is 0 Å². The lowest BCUT2D eigenvalue weighted by atomic mass is 10.2. The number of nitrogens with zero attached hydrogens (tertiary/aromatic N) is 4. The van der Waals surface area contributed by atoms with E-state index in [4.69, 9.17) is 14.8 Å². The number of methoxy groups -OCH3 is 2. The monoisotopic (exact) mass is 381 g/mol. The minimum Gasteiger partial charge on any atom is -0.497 e. The van der Waals surface area contributed by atoms with Crippen LogP contribution in [0.25, 0.3) is 0 Å². The quantitative estimate of drug-likeness (QED) is 0.795. The molecule has 2 aromatic rings. The van der Waals surface area contributed by atoms with E-state index in [-0.39, 0.29) is 6.17 Å². The molecule has 1 unspecified atom stereocenters. The summed E-state index contributed by atoms with van der Waals surface area (Å²) in [6.45, 7) is 6.90. The van der Waals surface area contributed by atoms with Crippen molar-refractivity contribution in [2.24, 2.45) is 0 Å². The number of anilines is 2. The Kier molecular flexibility index (Phi) is 5.88. The molecule has 1 atom stereocenters. The van der Waals surface area contributed by atoms with Gasteiger partial charge in [0, 0.05) is 63.3 Å². The Balaban J connectivity index is 1.34. The van der Waals surface area contributed by atoms with Crippen molar-refractivity contribution >= 4 is 11.4 Å². The molecule has 0 aromatic heterocycles. The number of piperazine rings is 2. The van der Waals surface area contributed by atoms with Gasteiger partial charge in [-0.05, 0) is 36.4 Å². The molecule has 0 spiro atoms. The van der Waals surface area contributed by atoms with E-state index in [9.17, 15) is 0 Å². The van der Waals surface area contributed by atoms with Gasteiger partial charge in [-0.2, -0.15) is 0 Å². The van der Waals surface area contributed by atoms with E-state index in [1.54, 1.807) is 14.2 Å². The highest BCUT2D eigenvalue weighted by Gasteiger charge is 2.29. The third-order valence-electron chi connectivity index (χ3n) is 5.69. The minimum absolute atomic E-state index is 0.267. The molecule has 6 nitrogen and oxygen atoms in total. The van der Waals surface area contributed by atoms with Crippen LogP contribution in [0.5, 0.6) is 11.5 Å². The van der Waals surface area contributed by atoms with Gasteiger partial charge >= 0.3 is 0 Å². The number of ether oxygens (including phenoxy) is 2. The van der Waals surface area contributed by atoms with Crippen LogP contribution in [-0.2, 0) is 0 Å². The Hall–Kier alpha value is -2.44. The molecule has 6 heteroatoms. The lowest BCUT2D eigenvalue weighted by Crippen LogP contribution is -2.60. The third-order valence-corrected chi connectivity index (χ3v) is 5.69. The summed E-state index contributed by atoms with van der Waals surface area (Å²) in [5, 5.41) is 4.91. The van der Waals surface area contributed by atoms with Crippen molar-refractivity contribution in [3.8, 4) is 11.5 Å². The molecule has 2 aliphatic rings. The number of hydrogen-bond donors (Lipinski definition) is 0. The molecule has 1 radical (unpaired) electrons. The minimum atomic E-state index is 0.267. The van der Waals surface area contributed by atoms with E-state index in [0.717, 1.165) is 57.3 Å². The van der Waals surface area contributed by atoms with Crippen LogP contribution < -0.4 is 24.6 Å². The largest absolute Gasteiger partial charge is 0.497 e. The zero-order valence-corrected chi connectivity index (χ0v) is 16.8. The van der Waals surface area contributed by atoms with Gasteiger partial charge in [0.2, 0.25) is 0 Å². The number of rotatable bonds is 5. The maximum Gasteiger partial charge on any atom is 0.120 e. The van der Waals surface area contributed by atoms with Crippen molar-refractivity contribution in [1.29, 1.82) is 0 Å². The van der Waals surface area contributed by atoms with Crippen molar-refractivity contribution in [3.63, 3.8) is 0 Å². The van der Waals surface area contributed by atoms with Gasteiger partial charge < -0.3 is 19.3 Å². The normalized spacial score (nSPS) is 20.9. The summed E-state index contributed by atoms with van der Waals surface area (Å²) in [6, 6.07) is 16.7. The Labute approximate surface area is 167 Å². The van der Waals surface area contributed by atoms with Gasteiger partial charge in [0.25, 0.3) is 0 Å². The van der Waals surface area contributed by atoms with Crippen LogP contribution in [0.2, 0.25) is 0 Å². The van der Waals surface area contributed by atoms with Gasteiger partial charge in [-0.1, -0.05) is 6.07 Å². The molecule has 2 aliphatic heterocycles. The van der Waals surface area contributed by atoms with Crippen LogP contribution in [0, 0.1) is 0 Å². The highest BCUT2D eigenvalue weighted by atomic mass is 16.5. The van der Waals surface area contributed by atoms with Crippen molar-refractivity contribution < 1.29 is 9.47 Å². The van der Waals surface area contributed by atoms with Crippen molar-refractivity contribution in [2.75, 3.05) is 69.8 Å². The first kappa shape index (κ1) is 18.9. The van der Waals surface area contributed by atoms with Crippen LogP contribution in [-0.4, -0.2) is 71.1 Å². The van der Waals surface area contributed by atoms with Crippen LogP contribution >= 0.6 is 0 Å². The van der Waals surface area contributed by atoms with Crippen molar-refractivity contribution in [3.05, 3.63) is 48.5 Å². The summed E-state index contributed by atoms with van der Waals surface area (Å²) < 4.78 is 10.6. The summed E-state index contributed by atoms with van der Waals surface area (Å²) in [5.74, 6) is 1.81. The van der Waals surface area contributed by atoms with Gasteiger partial charge in [-0.25, -0.2) is 5.32 Å². The standard InChI is InChI=1S/C22H29N4O2/c1-27-20-8-6-18(7-9-20)26-11-10-23-22(17-26)25-14-12-24(13-15-25)19-4-3-5-21(16-19)28-2/h3-9,16,22H,10-15,17H2,1-2H3. The fourth-order valence-electron chi connectivity index (χ4n) is 4.02. The number of hydrogen-bond acceptors (Lipinski definition) is 5. The van der Waals surface area contributed by atoms with Gasteiger partial charge in [-0.3, -0.25) is 4.90 Å². The Morgan fingerprint density at radius 1 is 0.786 bits per heavy atom. The molecule has 149 valence electrons. The average Bonchev–Trinajstić information content (AvgIpc) is 2.79. The first-order chi connectivity index (χ1) is 13.8. The Morgan fingerprint density at radius 3 is 2.25 bits per heavy atom. The van der Waals surface area contributed by atoms with Gasteiger partial charge in [-0.15, -0.1) is 0 Å². The third kappa shape index (κ3) is 4.18. The molecule has 0 amide bonds. The summed E-state index contributed by atoms with van der Waals surface area (Å²) in [4.78, 5) is 7.39. The van der Waals surface area contributed by atoms with E-state index in [1.807, 2.05) is 18.2 Å². The van der Waals surface area contributed by atoms with Crippen LogP contribution in [0.3, 0.4) is 0 Å². The summed E-state index contributed by atoms with van der Waals surface area (Å²) >= 11 is 0. The van der Waals surface area contributed by atoms with Crippen LogP contribution in [0.4, 0.5) is 11.4 Å². The highest BCUT2D eigenvalue weighted by molar-refractivity contribution is 5.51. The SMILES string of the molecule is COc1ccc(N2CC[N]C(N3CCN(c4cccc(OC)c4)CC3)C2)cc1. The fourth-order valence-corrected chi connectivity index (χ4v) is 4.02. The molecule has 2 aromatic carbocycles. The second-order valence-electron chi connectivity index (χ2n) is 7.26. The molecule has 2 heterocycles. The predicted molar refractivity (Wildman–Crippen MR) is 113 cm³/mol. The molecule has 0 saturated carbocycles. The maximum absolute atomic E-state index is 5.36. The summed E-state index contributed by atoms with van der Waals surface area (Å²) in [7, 11) is 3.42. The van der Waals surface area contributed by atoms with Gasteiger partial charge in [0.1, 0.15) is 11.5 Å². The zero-order chi connectivity index (χ0) is 19.3. The topological polar surface area (TPSA) is 42.3 Å². The maximum atomic E-state index is 5.36. The smallest absolute Gasteiger partial charge is 0.120 e. The lowest BCUT2D eigenvalue weighted by molar-refractivity contribution is 0.145. The molecule has 0 bridgehead atoms. The van der Waals surface area contributed by atoms with E-state index in [0.29, 0.717) is 0 Å². The molecule has 4 rings (SSSR count). The zero-order valence-electron chi connectivity index (χ0n) is 16.8. The Bertz CT molecular complexity index is 759. The van der Waals surface area contributed by atoms with Crippen LogP contribution in [0.15, 0.2) is 48.5 Å². The second kappa shape index (κ2) is 8.71. The van der Waals surface area contributed by atoms with Gasteiger partial charge in [0.15, 0.2) is 0 Å². The predicted octanol–water partition coefficient (Wildman–Crippen LogP) is 2.28. The summed E-state index contributed by atoms with van der Waals surface area (Å²) in [6.07, 6.45) is 0.267.